The monoisotopic (exact) mass is 433 g/mol. The normalized spacial score (nSPS) is 10.4. The standard InChI is InChI=1S/C18H16BrN3O5/c1-12-10-15(7-8-16(12)19)27-11-18(24)21-20-17(23)9-4-13-2-5-14(6-3-13)22(25)26/h2-10H,11H2,1H3,(H,20,23)(H,21,24)/b9-4+. The van der Waals surface area contributed by atoms with Crippen LogP contribution >= 0.6 is 15.9 Å². The number of rotatable bonds is 6. The summed E-state index contributed by atoms with van der Waals surface area (Å²) in [6, 6.07) is 11.0. The molecule has 2 rings (SSSR count). The van der Waals surface area contributed by atoms with E-state index in [2.05, 4.69) is 26.8 Å². The number of nitrogens with zero attached hydrogens (tertiary/aromatic N) is 1. The van der Waals surface area contributed by atoms with Gasteiger partial charge in [0.25, 0.3) is 17.5 Å². The maximum Gasteiger partial charge on any atom is 0.276 e. The van der Waals surface area contributed by atoms with Crippen LogP contribution in [0.15, 0.2) is 53.0 Å². The van der Waals surface area contributed by atoms with Crippen molar-refractivity contribution in [3.63, 3.8) is 0 Å². The Kier molecular flexibility index (Phi) is 7.07. The van der Waals surface area contributed by atoms with Gasteiger partial charge in [0.2, 0.25) is 0 Å². The number of hydrazine groups is 1. The topological polar surface area (TPSA) is 111 Å². The van der Waals surface area contributed by atoms with Gasteiger partial charge in [-0.15, -0.1) is 0 Å². The van der Waals surface area contributed by atoms with Crippen LogP contribution in [0.3, 0.4) is 0 Å². The van der Waals surface area contributed by atoms with Gasteiger partial charge in [0.05, 0.1) is 4.92 Å². The summed E-state index contributed by atoms with van der Waals surface area (Å²) in [6.45, 7) is 1.64. The highest BCUT2D eigenvalue weighted by atomic mass is 79.9. The van der Waals surface area contributed by atoms with E-state index in [1.807, 2.05) is 13.0 Å². The van der Waals surface area contributed by atoms with Gasteiger partial charge in [-0.25, -0.2) is 0 Å². The van der Waals surface area contributed by atoms with Crippen LogP contribution in [0.5, 0.6) is 5.75 Å². The van der Waals surface area contributed by atoms with Crippen LogP contribution in [0, 0.1) is 17.0 Å². The molecule has 0 bridgehead atoms. The zero-order valence-electron chi connectivity index (χ0n) is 14.3. The molecule has 0 saturated heterocycles. The van der Waals surface area contributed by atoms with Gasteiger partial charge < -0.3 is 4.74 Å². The lowest BCUT2D eigenvalue weighted by Gasteiger charge is -2.08. The fourth-order valence-corrected chi connectivity index (χ4v) is 2.19. The number of carbonyl (C=O) groups excluding carboxylic acids is 2. The first kappa shape index (κ1) is 20.1. The predicted octanol–water partition coefficient (Wildman–Crippen LogP) is 2.91. The molecule has 27 heavy (non-hydrogen) atoms. The number of non-ortho nitro benzene ring substituents is 1. The van der Waals surface area contributed by atoms with Gasteiger partial charge in [-0.05, 0) is 54.5 Å². The maximum atomic E-state index is 11.7. The molecule has 2 aromatic carbocycles. The Bertz CT molecular complexity index is 881. The fourth-order valence-electron chi connectivity index (χ4n) is 1.94. The second-order valence-corrected chi connectivity index (χ2v) is 6.27. The van der Waals surface area contributed by atoms with Gasteiger partial charge in [-0.2, -0.15) is 0 Å². The summed E-state index contributed by atoms with van der Waals surface area (Å²) in [5, 5.41) is 10.6. The molecule has 2 aromatic rings. The van der Waals surface area contributed by atoms with Crippen molar-refractivity contribution in [1.82, 2.24) is 10.9 Å². The number of ether oxygens (including phenoxy) is 1. The summed E-state index contributed by atoms with van der Waals surface area (Å²) in [4.78, 5) is 33.5. The summed E-state index contributed by atoms with van der Waals surface area (Å²) in [5.74, 6) is -0.538. The second kappa shape index (κ2) is 9.48. The first-order chi connectivity index (χ1) is 12.8. The number of carbonyl (C=O) groups is 2. The molecule has 0 aliphatic rings. The lowest BCUT2D eigenvalue weighted by molar-refractivity contribution is -0.384. The molecule has 0 saturated carbocycles. The third-order valence-corrected chi connectivity index (χ3v) is 4.25. The molecule has 0 aliphatic heterocycles. The van der Waals surface area contributed by atoms with Crippen molar-refractivity contribution in [3.8, 4) is 5.75 Å². The summed E-state index contributed by atoms with van der Waals surface area (Å²) < 4.78 is 6.27. The van der Waals surface area contributed by atoms with Crippen LogP contribution in [0.1, 0.15) is 11.1 Å². The van der Waals surface area contributed by atoms with Crippen molar-refractivity contribution in [2.75, 3.05) is 6.61 Å². The third kappa shape index (κ3) is 6.55. The van der Waals surface area contributed by atoms with Crippen molar-refractivity contribution in [3.05, 3.63) is 74.3 Å². The van der Waals surface area contributed by atoms with Crippen molar-refractivity contribution in [1.29, 1.82) is 0 Å². The van der Waals surface area contributed by atoms with Gasteiger partial charge in [0.15, 0.2) is 6.61 Å². The zero-order valence-corrected chi connectivity index (χ0v) is 15.9. The van der Waals surface area contributed by atoms with E-state index < -0.39 is 16.7 Å². The number of nitrogens with one attached hydrogen (secondary N) is 2. The SMILES string of the molecule is Cc1cc(OCC(=O)NNC(=O)/C=C/c2ccc([N+](=O)[O-])cc2)ccc1Br. The number of benzene rings is 2. The minimum Gasteiger partial charge on any atom is -0.484 e. The predicted molar refractivity (Wildman–Crippen MR) is 103 cm³/mol. The van der Waals surface area contributed by atoms with Crippen molar-refractivity contribution in [2.45, 2.75) is 6.92 Å². The number of halogens is 1. The van der Waals surface area contributed by atoms with E-state index in [-0.39, 0.29) is 12.3 Å². The molecule has 0 unspecified atom stereocenters. The minimum absolute atomic E-state index is 0.0372. The first-order valence-electron chi connectivity index (χ1n) is 7.75. The average Bonchev–Trinajstić information content (AvgIpc) is 2.66. The molecule has 0 atom stereocenters. The van der Waals surface area contributed by atoms with Crippen molar-refractivity contribution >= 4 is 39.5 Å². The van der Waals surface area contributed by atoms with Crippen LogP contribution in [-0.2, 0) is 9.59 Å². The molecule has 0 fully saturated rings. The molecular formula is C18H16BrN3O5. The maximum absolute atomic E-state index is 11.7. The number of nitro groups is 1. The summed E-state index contributed by atoms with van der Waals surface area (Å²) in [7, 11) is 0. The van der Waals surface area contributed by atoms with Crippen LogP contribution in [0.2, 0.25) is 0 Å². The van der Waals surface area contributed by atoms with E-state index in [0.29, 0.717) is 11.3 Å². The molecule has 2 N–H and O–H groups in total. The van der Waals surface area contributed by atoms with E-state index in [0.717, 1.165) is 10.0 Å². The molecule has 0 radical (unpaired) electrons. The Labute approximate surface area is 163 Å². The lowest BCUT2D eigenvalue weighted by atomic mass is 10.2. The van der Waals surface area contributed by atoms with E-state index in [4.69, 9.17) is 4.74 Å². The Hall–Kier alpha value is -3.20. The van der Waals surface area contributed by atoms with Crippen LogP contribution in [0.25, 0.3) is 6.08 Å². The quantitative estimate of drug-likeness (QED) is 0.413. The van der Waals surface area contributed by atoms with Gasteiger partial charge in [-0.1, -0.05) is 15.9 Å². The van der Waals surface area contributed by atoms with Crippen LogP contribution in [0.4, 0.5) is 5.69 Å². The number of hydrogen-bond donors (Lipinski definition) is 2. The lowest BCUT2D eigenvalue weighted by Crippen LogP contribution is -2.43. The molecule has 0 aromatic heterocycles. The highest BCUT2D eigenvalue weighted by Crippen LogP contribution is 2.21. The molecule has 0 spiro atoms. The number of aryl methyl sites for hydroxylation is 1. The second-order valence-electron chi connectivity index (χ2n) is 5.42. The highest BCUT2D eigenvalue weighted by Gasteiger charge is 2.06. The van der Waals surface area contributed by atoms with Crippen LogP contribution in [-0.4, -0.2) is 23.3 Å². The number of amides is 2. The number of hydrogen-bond acceptors (Lipinski definition) is 5. The van der Waals surface area contributed by atoms with Crippen molar-refractivity contribution < 1.29 is 19.2 Å². The largest absolute Gasteiger partial charge is 0.484 e. The molecule has 8 nitrogen and oxygen atoms in total. The van der Waals surface area contributed by atoms with E-state index in [9.17, 15) is 19.7 Å². The Morgan fingerprint density at radius 3 is 2.52 bits per heavy atom. The van der Waals surface area contributed by atoms with Crippen LogP contribution < -0.4 is 15.6 Å². The van der Waals surface area contributed by atoms with Gasteiger partial charge in [-0.3, -0.25) is 30.6 Å². The zero-order chi connectivity index (χ0) is 19.8. The Balaban J connectivity index is 1.76. The molecule has 0 heterocycles. The highest BCUT2D eigenvalue weighted by molar-refractivity contribution is 9.10. The first-order valence-corrected chi connectivity index (χ1v) is 8.55. The van der Waals surface area contributed by atoms with Gasteiger partial charge in [0, 0.05) is 22.7 Å². The molecule has 0 aliphatic carbocycles. The molecule has 140 valence electrons. The smallest absolute Gasteiger partial charge is 0.276 e. The van der Waals surface area contributed by atoms with Gasteiger partial charge >= 0.3 is 0 Å². The minimum atomic E-state index is -0.554. The van der Waals surface area contributed by atoms with E-state index in [1.165, 1.54) is 36.4 Å². The average molecular weight is 434 g/mol. The van der Waals surface area contributed by atoms with E-state index >= 15 is 0 Å². The molecule has 9 heteroatoms. The molecule has 2 amide bonds. The van der Waals surface area contributed by atoms with E-state index in [1.54, 1.807) is 12.1 Å². The number of nitro benzene ring substituents is 1. The molecular weight excluding hydrogens is 418 g/mol. The summed E-state index contributed by atoms with van der Waals surface area (Å²) >= 11 is 3.37. The summed E-state index contributed by atoms with van der Waals surface area (Å²) in [6.07, 6.45) is 2.66. The Morgan fingerprint density at radius 2 is 1.89 bits per heavy atom. The third-order valence-electron chi connectivity index (χ3n) is 3.36. The summed E-state index contributed by atoms with van der Waals surface area (Å²) in [5.41, 5.74) is 5.98. The van der Waals surface area contributed by atoms with Gasteiger partial charge in [0.1, 0.15) is 5.75 Å². The fraction of sp³-hybridized carbons (Fsp3) is 0.111. The Morgan fingerprint density at radius 1 is 1.19 bits per heavy atom. The van der Waals surface area contributed by atoms with Crippen molar-refractivity contribution in [2.24, 2.45) is 0 Å².